The average molecular weight is 616 g/mol. The predicted octanol–water partition coefficient (Wildman–Crippen LogP) is 3.91. The number of nitrogens with zero attached hydrogens (tertiary/aromatic N) is 3. The van der Waals surface area contributed by atoms with Gasteiger partial charge in [0.2, 0.25) is 6.41 Å². The van der Waals surface area contributed by atoms with Crippen LogP contribution in [0.1, 0.15) is 63.0 Å². The molecule has 4 rings (SSSR count). The van der Waals surface area contributed by atoms with E-state index >= 15 is 0 Å². The highest BCUT2D eigenvalue weighted by Crippen LogP contribution is 2.40. The molecule has 1 amide bonds. The third kappa shape index (κ3) is 9.18. The summed E-state index contributed by atoms with van der Waals surface area (Å²) in [7, 11) is 3.87. The molecule has 0 radical (unpaired) electrons. The highest BCUT2D eigenvalue weighted by molar-refractivity contribution is 5.78. The van der Waals surface area contributed by atoms with Crippen molar-refractivity contribution in [1.29, 1.82) is 0 Å². The van der Waals surface area contributed by atoms with Crippen molar-refractivity contribution in [1.82, 2.24) is 25.1 Å². The van der Waals surface area contributed by atoms with Gasteiger partial charge in [-0.05, 0) is 110 Å². The highest BCUT2D eigenvalue weighted by Gasteiger charge is 2.29. The third-order valence-electron chi connectivity index (χ3n) is 8.65. The number of piperidine rings is 1. The van der Waals surface area contributed by atoms with Gasteiger partial charge in [0.25, 0.3) is 5.56 Å². The number of hydrogen-bond acceptors (Lipinski definition) is 8. The number of amides is 1. The molecule has 1 aliphatic heterocycles. The number of anilines is 2. The van der Waals surface area contributed by atoms with Crippen molar-refractivity contribution >= 4 is 23.5 Å². The van der Waals surface area contributed by atoms with Crippen molar-refractivity contribution in [3.05, 3.63) is 93.3 Å². The molecule has 0 bridgehead atoms. The minimum absolute atomic E-state index is 0.142. The molecule has 10 nitrogen and oxygen atoms in total. The van der Waals surface area contributed by atoms with Crippen LogP contribution < -0.4 is 27.2 Å². The summed E-state index contributed by atoms with van der Waals surface area (Å²) in [6, 6.07) is 5.82. The second-order valence-corrected chi connectivity index (χ2v) is 12.9. The lowest BCUT2D eigenvalue weighted by Crippen LogP contribution is -2.29. The molecule has 242 valence electrons. The number of carbonyl (C=O) groups is 1. The van der Waals surface area contributed by atoms with E-state index in [1.165, 1.54) is 27.6 Å². The molecule has 2 aromatic heterocycles. The summed E-state index contributed by atoms with van der Waals surface area (Å²) in [4.78, 5) is 30.7. The van der Waals surface area contributed by atoms with Gasteiger partial charge in [-0.1, -0.05) is 32.1 Å². The number of aliphatic hydroxyl groups is 1. The normalized spacial score (nSPS) is 18.1. The fourth-order valence-corrected chi connectivity index (χ4v) is 6.22. The number of nitrogens with two attached hydrogens (primary N) is 1. The summed E-state index contributed by atoms with van der Waals surface area (Å²) in [6.45, 7) is 7.72. The topological polar surface area (TPSA) is 138 Å². The summed E-state index contributed by atoms with van der Waals surface area (Å²) in [5, 5.41) is 19.8. The predicted molar refractivity (Wildman–Crippen MR) is 182 cm³/mol. The summed E-state index contributed by atoms with van der Waals surface area (Å²) in [5.74, 6) is 1.11. The molecular formula is C35H49N7O3. The van der Waals surface area contributed by atoms with E-state index in [1.54, 1.807) is 25.4 Å². The van der Waals surface area contributed by atoms with Crippen LogP contribution in [0.2, 0.25) is 0 Å². The number of aliphatic hydroxyl groups excluding tert-OH is 1. The van der Waals surface area contributed by atoms with Crippen LogP contribution in [0.4, 0.5) is 11.5 Å². The monoisotopic (exact) mass is 615 g/mol. The molecule has 0 unspecified atom stereocenters. The zero-order valence-electron chi connectivity index (χ0n) is 27.1. The summed E-state index contributed by atoms with van der Waals surface area (Å²) in [5.41, 5.74) is 12.1. The summed E-state index contributed by atoms with van der Waals surface area (Å²) < 4.78 is 1.53. The molecule has 2 aromatic rings. The molecule has 1 aliphatic carbocycles. The fourth-order valence-electron chi connectivity index (χ4n) is 6.22. The van der Waals surface area contributed by atoms with Gasteiger partial charge in [-0.2, -0.15) is 0 Å². The van der Waals surface area contributed by atoms with Gasteiger partial charge in [0.05, 0.1) is 6.61 Å². The molecule has 0 atom stereocenters. The zero-order chi connectivity index (χ0) is 32.4. The second kappa shape index (κ2) is 15.7. The Morgan fingerprint density at radius 1 is 1.18 bits per heavy atom. The first-order valence-corrected chi connectivity index (χ1v) is 15.8. The number of aromatic nitrogens is 2. The number of carbonyl (C=O) groups excluding carboxylic acids is 1. The van der Waals surface area contributed by atoms with Gasteiger partial charge in [-0.15, -0.1) is 0 Å². The van der Waals surface area contributed by atoms with Crippen molar-refractivity contribution in [3.8, 4) is 0 Å². The highest BCUT2D eigenvalue weighted by atomic mass is 16.3. The minimum atomic E-state index is -0.180. The molecule has 45 heavy (non-hydrogen) atoms. The fraction of sp³-hybridized carbons (Fsp3) is 0.457. The Hall–Kier alpha value is -4.15. The summed E-state index contributed by atoms with van der Waals surface area (Å²) >= 11 is 0. The van der Waals surface area contributed by atoms with E-state index in [0.29, 0.717) is 43.3 Å². The second-order valence-electron chi connectivity index (χ2n) is 12.9. The first-order valence-electron chi connectivity index (χ1n) is 15.8. The number of hydrogen-bond donors (Lipinski definition) is 5. The van der Waals surface area contributed by atoms with Gasteiger partial charge in [-0.3, -0.25) is 9.59 Å². The van der Waals surface area contributed by atoms with Crippen LogP contribution in [-0.2, 0) is 11.8 Å². The van der Waals surface area contributed by atoms with Crippen molar-refractivity contribution < 1.29 is 9.90 Å². The number of pyridine rings is 2. The Bertz CT molecular complexity index is 1490. The van der Waals surface area contributed by atoms with E-state index in [4.69, 9.17) is 5.73 Å². The largest absolute Gasteiger partial charge is 0.405 e. The smallest absolute Gasteiger partial charge is 0.274 e. The van der Waals surface area contributed by atoms with Gasteiger partial charge in [-0.25, -0.2) is 4.98 Å². The van der Waals surface area contributed by atoms with Crippen LogP contribution in [0.5, 0.6) is 0 Å². The number of aryl methyl sites for hydroxylation is 1. The van der Waals surface area contributed by atoms with E-state index in [0.717, 1.165) is 55.5 Å². The van der Waals surface area contributed by atoms with Crippen LogP contribution in [0, 0.1) is 5.41 Å². The van der Waals surface area contributed by atoms with Crippen molar-refractivity contribution in [3.63, 3.8) is 0 Å². The summed E-state index contributed by atoms with van der Waals surface area (Å²) in [6.07, 6.45) is 16.4. The molecule has 1 fully saturated rings. The lowest BCUT2D eigenvalue weighted by Gasteiger charge is -2.29. The molecule has 10 heteroatoms. The Labute approximate surface area is 266 Å². The SMILES string of the molecule is CN1CCC(c2ccc(Nc3cc(C(/C=C\N)=C(\CO)C/C=C/C4=C(NCCNC=O)CC(C)(C)C4)cn(C)c3=O)nc2)CC1. The van der Waals surface area contributed by atoms with Crippen LogP contribution in [0.15, 0.2) is 76.7 Å². The molecule has 3 heterocycles. The van der Waals surface area contributed by atoms with Crippen LogP contribution in [-0.4, -0.2) is 65.8 Å². The quantitative estimate of drug-likeness (QED) is 0.123. The number of likely N-dealkylation sites (tertiary alicyclic amines) is 1. The van der Waals surface area contributed by atoms with E-state index in [-0.39, 0.29) is 17.6 Å². The Morgan fingerprint density at radius 2 is 1.96 bits per heavy atom. The minimum Gasteiger partial charge on any atom is -0.405 e. The molecule has 1 saturated heterocycles. The van der Waals surface area contributed by atoms with E-state index in [2.05, 4.69) is 64.9 Å². The Morgan fingerprint density at radius 3 is 2.62 bits per heavy atom. The molecule has 2 aliphatic rings. The molecule has 0 saturated carbocycles. The lowest BCUT2D eigenvalue weighted by atomic mass is 9.89. The van der Waals surface area contributed by atoms with Gasteiger partial charge in [0, 0.05) is 43.8 Å². The maximum Gasteiger partial charge on any atom is 0.274 e. The standard InChI is InChI=1S/C35H49N7O3/c1-35(2)19-26(32(20-35)38-15-14-37-24-44)6-5-7-28(23-43)30(10-13-36)29-18-31(34(45)42(4)22-29)40-33-9-8-27(21-39-33)25-11-16-41(3)17-12-25/h5-6,8-10,13,18,21-22,24-25,38,43H,7,11-12,14-17,19-20,23,36H2,1-4H3,(H,37,44)(H,39,40)/b6-5+,13-10-,30-28-. The van der Waals surface area contributed by atoms with Gasteiger partial charge in [0.15, 0.2) is 0 Å². The van der Waals surface area contributed by atoms with Crippen LogP contribution in [0.25, 0.3) is 5.57 Å². The number of rotatable bonds is 14. The Balaban J connectivity index is 1.55. The van der Waals surface area contributed by atoms with Crippen molar-refractivity contribution in [2.24, 2.45) is 18.2 Å². The van der Waals surface area contributed by atoms with E-state index in [9.17, 15) is 14.7 Å². The molecule has 6 N–H and O–H groups in total. The van der Waals surface area contributed by atoms with Crippen LogP contribution >= 0.6 is 0 Å². The number of nitrogens with one attached hydrogen (secondary N) is 3. The zero-order valence-corrected chi connectivity index (χ0v) is 27.1. The van der Waals surface area contributed by atoms with Crippen molar-refractivity contribution in [2.45, 2.75) is 51.9 Å². The average Bonchev–Trinajstić information content (AvgIpc) is 3.32. The lowest BCUT2D eigenvalue weighted by molar-refractivity contribution is -0.109. The number of allylic oxidation sites excluding steroid dienone is 6. The van der Waals surface area contributed by atoms with Crippen LogP contribution in [0.3, 0.4) is 0 Å². The molecule has 0 spiro atoms. The first-order chi connectivity index (χ1) is 21.6. The molecule has 0 aromatic carbocycles. The van der Waals surface area contributed by atoms with E-state index < -0.39 is 0 Å². The third-order valence-corrected chi connectivity index (χ3v) is 8.65. The van der Waals surface area contributed by atoms with E-state index in [1.807, 2.05) is 12.3 Å². The van der Waals surface area contributed by atoms with Gasteiger partial charge in [0.1, 0.15) is 11.5 Å². The first kappa shape index (κ1) is 33.7. The Kier molecular flexibility index (Phi) is 11.8. The van der Waals surface area contributed by atoms with Gasteiger partial charge < -0.3 is 36.3 Å². The maximum atomic E-state index is 13.1. The molecular weight excluding hydrogens is 566 g/mol. The maximum absolute atomic E-state index is 13.1. The van der Waals surface area contributed by atoms with Crippen molar-refractivity contribution in [2.75, 3.05) is 45.2 Å². The van der Waals surface area contributed by atoms with Gasteiger partial charge >= 0.3 is 0 Å².